The molecule has 0 bridgehead atoms. The van der Waals surface area contributed by atoms with Crippen LogP contribution in [0.1, 0.15) is 5.56 Å². The van der Waals surface area contributed by atoms with Crippen molar-refractivity contribution in [1.82, 2.24) is 0 Å². The van der Waals surface area contributed by atoms with Crippen molar-refractivity contribution in [1.29, 1.82) is 0 Å². The van der Waals surface area contributed by atoms with Crippen LogP contribution in [0.4, 0.5) is 15.8 Å². The Bertz CT molecular complexity index is 1080. The number of aryl methyl sites for hydroxylation is 1. The maximum absolute atomic E-state index is 13.4. The first-order chi connectivity index (χ1) is 13.3. The third kappa shape index (κ3) is 4.51. The van der Waals surface area contributed by atoms with Crippen molar-refractivity contribution in [2.24, 2.45) is 0 Å². The number of benzene rings is 3. The number of rotatable bonds is 6. The van der Waals surface area contributed by atoms with Crippen LogP contribution < -0.4 is 10.2 Å². The van der Waals surface area contributed by atoms with E-state index in [-0.39, 0.29) is 16.6 Å². The van der Waals surface area contributed by atoms with E-state index in [0.29, 0.717) is 0 Å². The van der Waals surface area contributed by atoms with Crippen molar-refractivity contribution in [2.45, 2.75) is 11.8 Å². The third-order valence-corrected chi connectivity index (χ3v) is 6.04. The fraction of sp³-hybridized carbons (Fsp3) is 0.182. The molecule has 0 saturated heterocycles. The van der Waals surface area contributed by atoms with Crippen molar-refractivity contribution in [3.8, 4) is 11.1 Å². The van der Waals surface area contributed by atoms with Gasteiger partial charge in [0.15, 0.2) is 9.84 Å². The Balaban J connectivity index is 1.80. The van der Waals surface area contributed by atoms with Crippen LogP contribution >= 0.6 is 0 Å². The summed E-state index contributed by atoms with van der Waals surface area (Å²) >= 11 is 0. The fourth-order valence-corrected chi connectivity index (χ4v) is 4.06. The van der Waals surface area contributed by atoms with Crippen molar-refractivity contribution in [3.63, 3.8) is 0 Å². The number of sulfone groups is 1. The topological polar surface area (TPSA) is 49.4 Å². The number of nitrogens with one attached hydrogen (secondary N) is 1. The van der Waals surface area contributed by atoms with Gasteiger partial charge in [0, 0.05) is 25.5 Å². The van der Waals surface area contributed by atoms with Crippen LogP contribution in [0.25, 0.3) is 11.1 Å². The maximum Gasteiger partial charge on any atom is 0.196 e. The molecule has 0 unspecified atom stereocenters. The monoisotopic (exact) mass is 398 g/mol. The Morgan fingerprint density at radius 2 is 1.68 bits per heavy atom. The van der Waals surface area contributed by atoms with Gasteiger partial charge in [-0.05, 0) is 72.1 Å². The predicted octanol–water partition coefficient (Wildman–Crippen LogP) is 4.71. The summed E-state index contributed by atoms with van der Waals surface area (Å²) in [5.41, 5.74) is 4.09. The first-order valence-electron chi connectivity index (χ1n) is 8.87. The molecule has 0 aliphatic heterocycles. The summed E-state index contributed by atoms with van der Waals surface area (Å²) in [6.45, 7) is 1.80. The summed E-state index contributed by atoms with van der Waals surface area (Å²) in [6.07, 6.45) is 0. The highest BCUT2D eigenvalue weighted by Gasteiger charge is 2.15. The summed E-state index contributed by atoms with van der Waals surface area (Å²) in [5, 5.41) is 2.97. The second-order valence-corrected chi connectivity index (χ2v) is 8.85. The average molecular weight is 399 g/mol. The summed E-state index contributed by atoms with van der Waals surface area (Å²) < 4.78 is 38.9. The number of hydrogen-bond acceptors (Lipinski definition) is 4. The zero-order valence-corrected chi connectivity index (χ0v) is 16.9. The largest absolute Gasteiger partial charge is 0.378 e. The van der Waals surface area contributed by atoms with Crippen LogP contribution in [0.5, 0.6) is 0 Å². The lowest BCUT2D eigenvalue weighted by Gasteiger charge is -2.14. The molecule has 0 amide bonds. The molecule has 4 nitrogen and oxygen atoms in total. The molecule has 0 fully saturated rings. The van der Waals surface area contributed by atoms with Crippen molar-refractivity contribution >= 4 is 21.2 Å². The standard InChI is InChI=1S/C22H23FN2O2S/c1-16-13-18(23)7-12-22(16)17-5-4-6-21(14-17)28(26,27)15-24-19-8-10-20(11-9-19)25(2)3/h4-14,24H,15H2,1-3H3. The molecule has 0 aromatic heterocycles. The zero-order valence-electron chi connectivity index (χ0n) is 16.1. The Kier molecular flexibility index (Phi) is 5.70. The minimum absolute atomic E-state index is 0.208. The Morgan fingerprint density at radius 3 is 2.32 bits per heavy atom. The van der Waals surface area contributed by atoms with Crippen LogP contribution in [0.2, 0.25) is 0 Å². The molecule has 0 aliphatic carbocycles. The number of anilines is 2. The molecule has 0 heterocycles. The lowest BCUT2D eigenvalue weighted by atomic mass is 10.0. The molecular weight excluding hydrogens is 375 g/mol. The number of hydrogen-bond donors (Lipinski definition) is 1. The Hall–Kier alpha value is -2.86. The Labute approximate surface area is 165 Å². The van der Waals surface area contributed by atoms with Gasteiger partial charge in [0.05, 0.1) is 4.90 Å². The van der Waals surface area contributed by atoms with Crippen molar-refractivity contribution in [3.05, 3.63) is 78.1 Å². The van der Waals surface area contributed by atoms with Gasteiger partial charge in [0.1, 0.15) is 11.7 Å². The summed E-state index contributed by atoms with van der Waals surface area (Å²) in [7, 11) is 0.362. The third-order valence-electron chi connectivity index (χ3n) is 4.54. The molecule has 6 heteroatoms. The second-order valence-electron chi connectivity index (χ2n) is 6.86. The fourth-order valence-electron chi connectivity index (χ4n) is 2.95. The normalized spacial score (nSPS) is 11.3. The molecule has 0 radical (unpaired) electrons. The van der Waals surface area contributed by atoms with E-state index in [1.54, 1.807) is 31.2 Å². The smallest absolute Gasteiger partial charge is 0.196 e. The van der Waals surface area contributed by atoms with E-state index in [1.807, 2.05) is 49.3 Å². The molecule has 0 aliphatic rings. The van der Waals surface area contributed by atoms with Crippen LogP contribution in [0.15, 0.2) is 71.6 Å². The number of nitrogens with zero attached hydrogens (tertiary/aromatic N) is 1. The molecule has 0 atom stereocenters. The lowest BCUT2D eigenvalue weighted by Crippen LogP contribution is -2.15. The highest BCUT2D eigenvalue weighted by atomic mass is 32.2. The van der Waals surface area contributed by atoms with E-state index >= 15 is 0 Å². The second kappa shape index (κ2) is 8.02. The minimum atomic E-state index is -3.53. The van der Waals surface area contributed by atoms with E-state index in [1.165, 1.54) is 12.1 Å². The van der Waals surface area contributed by atoms with E-state index in [0.717, 1.165) is 28.1 Å². The first kappa shape index (κ1) is 19.9. The van der Waals surface area contributed by atoms with Crippen LogP contribution in [-0.4, -0.2) is 28.4 Å². The Morgan fingerprint density at radius 1 is 0.964 bits per heavy atom. The SMILES string of the molecule is Cc1cc(F)ccc1-c1cccc(S(=O)(=O)CNc2ccc(N(C)C)cc2)c1. The van der Waals surface area contributed by atoms with Gasteiger partial charge in [-0.15, -0.1) is 0 Å². The molecule has 3 aromatic carbocycles. The lowest BCUT2D eigenvalue weighted by molar-refractivity contribution is 0.597. The van der Waals surface area contributed by atoms with Gasteiger partial charge in [-0.3, -0.25) is 0 Å². The van der Waals surface area contributed by atoms with Crippen LogP contribution in [0.3, 0.4) is 0 Å². The highest BCUT2D eigenvalue weighted by Crippen LogP contribution is 2.27. The van der Waals surface area contributed by atoms with Gasteiger partial charge >= 0.3 is 0 Å². The molecule has 1 N–H and O–H groups in total. The van der Waals surface area contributed by atoms with E-state index in [4.69, 9.17) is 0 Å². The molecule has 3 aromatic rings. The molecule has 3 rings (SSSR count). The predicted molar refractivity (Wildman–Crippen MR) is 113 cm³/mol. The van der Waals surface area contributed by atoms with Gasteiger partial charge in [-0.2, -0.15) is 0 Å². The average Bonchev–Trinajstić information content (AvgIpc) is 2.67. The summed E-state index contributed by atoms with van der Waals surface area (Å²) in [6, 6.07) is 18.8. The van der Waals surface area contributed by atoms with Crippen LogP contribution in [0, 0.1) is 12.7 Å². The maximum atomic E-state index is 13.4. The highest BCUT2D eigenvalue weighted by molar-refractivity contribution is 7.91. The van der Waals surface area contributed by atoms with E-state index in [2.05, 4.69) is 5.32 Å². The number of halogens is 1. The first-order valence-corrected chi connectivity index (χ1v) is 10.5. The molecule has 28 heavy (non-hydrogen) atoms. The molecular formula is C22H23FN2O2S. The summed E-state index contributed by atoms with van der Waals surface area (Å²) in [4.78, 5) is 2.20. The molecule has 146 valence electrons. The summed E-state index contributed by atoms with van der Waals surface area (Å²) in [5.74, 6) is -0.519. The van der Waals surface area contributed by atoms with Gasteiger partial charge in [0.25, 0.3) is 0 Å². The molecule has 0 spiro atoms. The molecule has 0 saturated carbocycles. The van der Waals surface area contributed by atoms with Crippen molar-refractivity contribution < 1.29 is 12.8 Å². The van der Waals surface area contributed by atoms with Gasteiger partial charge in [-0.1, -0.05) is 18.2 Å². The quantitative estimate of drug-likeness (QED) is 0.653. The van der Waals surface area contributed by atoms with Gasteiger partial charge < -0.3 is 10.2 Å². The van der Waals surface area contributed by atoms with Gasteiger partial charge in [-0.25, -0.2) is 12.8 Å². The minimum Gasteiger partial charge on any atom is -0.378 e. The van der Waals surface area contributed by atoms with Crippen molar-refractivity contribution in [2.75, 3.05) is 30.2 Å². The zero-order chi connectivity index (χ0) is 20.3. The van der Waals surface area contributed by atoms with E-state index in [9.17, 15) is 12.8 Å². The van der Waals surface area contributed by atoms with Crippen LogP contribution in [-0.2, 0) is 9.84 Å². The van der Waals surface area contributed by atoms with E-state index < -0.39 is 9.84 Å². The van der Waals surface area contributed by atoms with Gasteiger partial charge in [0.2, 0.25) is 0 Å².